The Bertz CT molecular complexity index is 2080. The molecule has 4 aromatic rings. The summed E-state index contributed by atoms with van der Waals surface area (Å²) in [4.78, 5) is 55.1. The smallest absolute Gasteiger partial charge is 0.338 e. The van der Waals surface area contributed by atoms with Crippen molar-refractivity contribution >= 4 is 35.0 Å². The third kappa shape index (κ3) is 7.20. The van der Waals surface area contributed by atoms with Gasteiger partial charge in [0.1, 0.15) is 6.61 Å². The third-order valence-corrected chi connectivity index (χ3v) is 8.49. The van der Waals surface area contributed by atoms with Crippen LogP contribution in [-0.2, 0) is 32.1 Å². The van der Waals surface area contributed by atoms with Gasteiger partial charge in [-0.3, -0.25) is 24.3 Å². The number of hydrogen-bond donors (Lipinski definition) is 0. The Kier molecular flexibility index (Phi) is 10.2. The van der Waals surface area contributed by atoms with Crippen molar-refractivity contribution in [3.8, 4) is 11.5 Å². The molecule has 0 saturated heterocycles. The van der Waals surface area contributed by atoms with Crippen molar-refractivity contribution in [1.82, 2.24) is 4.57 Å². The van der Waals surface area contributed by atoms with Crippen LogP contribution in [0.3, 0.4) is 0 Å². The van der Waals surface area contributed by atoms with Gasteiger partial charge < -0.3 is 18.9 Å². The van der Waals surface area contributed by atoms with Gasteiger partial charge in [-0.05, 0) is 61.7 Å². The summed E-state index contributed by atoms with van der Waals surface area (Å²) in [6.45, 7) is 5.29. The number of nitrogens with zero attached hydrogens (tertiary/aromatic N) is 3. The predicted octanol–water partition coefficient (Wildman–Crippen LogP) is 4.40. The summed E-state index contributed by atoms with van der Waals surface area (Å²) in [6, 6.07) is 17.5. The molecule has 5 rings (SSSR count). The Morgan fingerprint density at radius 1 is 1.04 bits per heavy atom. The van der Waals surface area contributed by atoms with E-state index in [-0.39, 0.29) is 35.8 Å². The molecule has 12 nitrogen and oxygen atoms in total. The van der Waals surface area contributed by atoms with Crippen molar-refractivity contribution in [2.45, 2.75) is 45.9 Å². The average molecular weight is 672 g/mol. The molecule has 0 amide bonds. The van der Waals surface area contributed by atoms with Crippen molar-refractivity contribution in [2.24, 2.45) is 4.99 Å². The highest BCUT2D eigenvalue weighted by Crippen LogP contribution is 2.33. The Balaban J connectivity index is 1.59. The van der Waals surface area contributed by atoms with Crippen LogP contribution in [0.5, 0.6) is 11.5 Å². The molecular weight excluding hydrogens is 638 g/mol. The molecule has 1 aromatic heterocycles. The highest BCUT2D eigenvalue weighted by atomic mass is 32.1. The fourth-order valence-corrected chi connectivity index (χ4v) is 6.24. The van der Waals surface area contributed by atoms with E-state index in [4.69, 9.17) is 18.9 Å². The molecule has 48 heavy (non-hydrogen) atoms. The highest BCUT2D eigenvalue weighted by Gasteiger charge is 2.34. The molecule has 0 fully saturated rings. The van der Waals surface area contributed by atoms with Crippen LogP contribution in [0.1, 0.15) is 49.1 Å². The largest absolute Gasteiger partial charge is 0.493 e. The van der Waals surface area contributed by atoms with Crippen LogP contribution in [0.15, 0.2) is 87.8 Å². The minimum absolute atomic E-state index is 0.0293. The summed E-state index contributed by atoms with van der Waals surface area (Å²) in [5.74, 6) is -0.169. The number of aromatic nitrogens is 1. The maximum absolute atomic E-state index is 14.2. The van der Waals surface area contributed by atoms with E-state index in [2.05, 4.69) is 4.99 Å². The number of fused-ring (bicyclic) bond motifs is 1. The second kappa shape index (κ2) is 14.5. The van der Waals surface area contributed by atoms with Gasteiger partial charge in [-0.15, -0.1) is 0 Å². The molecule has 1 aliphatic heterocycles. The lowest BCUT2D eigenvalue weighted by Crippen LogP contribution is -2.40. The summed E-state index contributed by atoms with van der Waals surface area (Å²) < 4.78 is 23.9. The Morgan fingerprint density at radius 3 is 2.35 bits per heavy atom. The number of carbonyl (C=O) groups is 2. The van der Waals surface area contributed by atoms with Crippen LogP contribution in [0.2, 0.25) is 0 Å². The van der Waals surface area contributed by atoms with E-state index >= 15 is 0 Å². The maximum atomic E-state index is 14.2. The summed E-state index contributed by atoms with van der Waals surface area (Å²) >= 11 is 1.16. The molecule has 1 atom stereocenters. The maximum Gasteiger partial charge on any atom is 0.338 e. The number of rotatable bonds is 11. The van der Waals surface area contributed by atoms with Crippen molar-refractivity contribution in [3.63, 3.8) is 0 Å². The third-order valence-electron chi connectivity index (χ3n) is 7.50. The minimum Gasteiger partial charge on any atom is -0.493 e. The molecule has 0 bridgehead atoms. The Hall–Kier alpha value is -5.56. The highest BCUT2D eigenvalue weighted by molar-refractivity contribution is 7.07. The predicted molar refractivity (Wildman–Crippen MR) is 178 cm³/mol. The van der Waals surface area contributed by atoms with Crippen LogP contribution >= 0.6 is 11.3 Å². The number of thiazole rings is 1. The van der Waals surface area contributed by atoms with Crippen LogP contribution in [0.4, 0.5) is 5.69 Å². The van der Waals surface area contributed by atoms with Crippen molar-refractivity contribution < 1.29 is 33.5 Å². The van der Waals surface area contributed by atoms with E-state index in [0.29, 0.717) is 48.8 Å². The molecule has 1 aliphatic rings. The number of ether oxygens (including phenoxy) is 4. The molecule has 13 heteroatoms. The lowest BCUT2D eigenvalue weighted by molar-refractivity contribution is -0.384. The van der Waals surface area contributed by atoms with Gasteiger partial charge in [-0.1, -0.05) is 47.7 Å². The first-order chi connectivity index (χ1) is 23.0. The van der Waals surface area contributed by atoms with Gasteiger partial charge in [0, 0.05) is 17.7 Å². The quantitative estimate of drug-likeness (QED) is 0.129. The van der Waals surface area contributed by atoms with Gasteiger partial charge >= 0.3 is 11.9 Å². The van der Waals surface area contributed by atoms with Gasteiger partial charge in [0.05, 0.1) is 53.5 Å². The first-order valence-electron chi connectivity index (χ1n) is 14.9. The summed E-state index contributed by atoms with van der Waals surface area (Å²) in [5, 5.41) is 11.0. The Morgan fingerprint density at radius 2 is 1.73 bits per heavy atom. The molecular formula is C35H33N3O9S. The molecule has 0 spiro atoms. The van der Waals surface area contributed by atoms with E-state index in [0.717, 1.165) is 11.3 Å². The number of para-hydroxylation sites is 1. The Labute approximate surface area is 279 Å². The number of methoxy groups -OCH3 is 2. The molecule has 248 valence electrons. The van der Waals surface area contributed by atoms with Gasteiger partial charge in [-0.2, -0.15) is 0 Å². The number of non-ortho nitro benzene ring substituents is 1. The van der Waals surface area contributed by atoms with E-state index in [1.54, 1.807) is 81.4 Å². The average Bonchev–Trinajstić information content (AvgIpc) is 3.37. The van der Waals surface area contributed by atoms with Crippen LogP contribution in [-0.4, -0.2) is 41.8 Å². The molecule has 0 saturated carbocycles. The molecule has 3 aromatic carbocycles. The number of nitro groups is 1. The van der Waals surface area contributed by atoms with Crippen molar-refractivity contribution in [3.05, 3.63) is 130 Å². The second-order valence-electron chi connectivity index (χ2n) is 11.1. The first-order valence-corrected chi connectivity index (χ1v) is 15.7. The van der Waals surface area contributed by atoms with Crippen LogP contribution in [0.25, 0.3) is 6.08 Å². The van der Waals surface area contributed by atoms with Crippen LogP contribution < -0.4 is 24.4 Å². The number of esters is 2. The van der Waals surface area contributed by atoms with E-state index in [1.807, 2.05) is 0 Å². The summed E-state index contributed by atoms with van der Waals surface area (Å²) in [5.41, 5.74) is 2.85. The van der Waals surface area contributed by atoms with E-state index in [1.165, 1.54) is 30.9 Å². The molecule has 2 heterocycles. The SMILES string of the molecule is COC(=O)Cc1ccc([C@H]2C(C(=O)OC(C)C)=C(C)N=c3s/c(=C/c4cccc(OC)c4OCc4ccc([N+](=O)[O-])cc4)c(=O)n32)cc1. The number of allylic oxidation sites excluding steroid dienone is 1. The fourth-order valence-electron chi connectivity index (χ4n) is 5.20. The second-order valence-corrected chi connectivity index (χ2v) is 12.1. The fraction of sp³-hybridized carbons (Fsp3) is 0.257. The summed E-state index contributed by atoms with van der Waals surface area (Å²) in [6.07, 6.45) is 1.36. The molecule has 0 radical (unpaired) electrons. The zero-order valence-corrected chi connectivity index (χ0v) is 27.7. The lowest BCUT2D eigenvalue weighted by atomic mass is 9.94. The zero-order valence-electron chi connectivity index (χ0n) is 26.9. The van der Waals surface area contributed by atoms with Crippen LogP contribution in [0, 0.1) is 10.1 Å². The summed E-state index contributed by atoms with van der Waals surface area (Å²) in [7, 11) is 2.82. The van der Waals surface area contributed by atoms with Gasteiger partial charge in [0.25, 0.3) is 11.2 Å². The monoisotopic (exact) mass is 671 g/mol. The van der Waals surface area contributed by atoms with Gasteiger partial charge in [-0.25, -0.2) is 9.79 Å². The molecule has 0 unspecified atom stereocenters. The molecule has 0 N–H and O–H groups in total. The van der Waals surface area contributed by atoms with Crippen molar-refractivity contribution in [2.75, 3.05) is 14.2 Å². The van der Waals surface area contributed by atoms with E-state index in [9.17, 15) is 24.5 Å². The number of hydrogen-bond acceptors (Lipinski definition) is 11. The zero-order chi connectivity index (χ0) is 34.5. The van der Waals surface area contributed by atoms with Gasteiger partial charge in [0.2, 0.25) is 0 Å². The lowest BCUT2D eigenvalue weighted by Gasteiger charge is -2.25. The number of carbonyl (C=O) groups excluding carboxylic acids is 2. The van der Waals surface area contributed by atoms with Gasteiger partial charge in [0.15, 0.2) is 16.3 Å². The number of benzene rings is 3. The van der Waals surface area contributed by atoms with E-state index < -0.39 is 23.0 Å². The normalized spacial score (nSPS) is 14.3. The minimum atomic E-state index is -0.843. The molecule has 0 aliphatic carbocycles. The number of nitro benzene ring substituents is 1. The van der Waals surface area contributed by atoms with Crippen molar-refractivity contribution in [1.29, 1.82) is 0 Å². The standard InChI is InChI=1S/C35H33N3O9S/c1-20(2)47-34(41)30-21(3)36-35-37(31(30)24-13-9-22(10-14-24)17-29(39)45-5)33(40)28(48-35)18-25-7-6-8-27(44-4)32(25)46-19-23-11-15-26(16-12-23)38(42)43/h6-16,18,20,31H,17,19H2,1-5H3/b28-18+/t31-/m0/s1. The first kappa shape index (κ1) is 33.8. The topological polar surface area (TPSA) is 149 Å².